The van der Waals surface area contributed by atoms with Crippen LogP contribution in [0.5, 0.6) is 11.5 Å². The van der Waals surface area contributed by atoms with Crippen molar-refractivity contribution in [2.24, 2.45) is 5.10 Å². The third-order valence-corrected chi connectivity index (χ3v) is 6.30. The van der Waals surface area contributed by atoms with Crippen LogP contribution < -0.4 is 10.2 Å². The Morgan fingerprint density at radius 2 is 1.51 bits per heavy atom. The van der Waals surface area contributed by atoms with Gasteiger partial charge in [-0.15, -0.1) is 0 Å². The Labute approximate surface area is 221 Å². The molecular formula is C29H18Cl2N2O4. The third-order valence-electron chi connectivity index (χ3n) is 5.75. The summed E-state index contributed by atoms with van der Waals surface area (Å²) in [7, 11) is 0. The number of carbonyl (C=O) groups is 2. The molecule has 0 aliphatic carbocycles. The number of phenols is 1. The molecule has 8 heteroatoms. The van der Waals surface area contributed by atoms with Crippen molar-refractivity contribution in [1.29, 1.82) is 0 Å². The van der Waals surface area contributed by atoms with E-state index in [0.717, 1.165) is 21.5 Å². The van der Waals surface area contributed by atoms with E-state index in [1.807, 2.05) is 54.6 Å². The number of hydrogen-bond donors (Lipinski definition) is 2. The quantitative estimate of drug-likeness (QED) is 0.111. The molecular weight excluding hydrogens is 511 g/mol. The van der Waals surface area contributed by atoms with Gasteiger partial charge < -0.3 is 9.84 Å². The van der Waals surface area contributed by atoms with Gasteiger partial charge in [-0.3, -0.25) is 4.79 Å². The van der Waals surface area contributed by atoms with Crippen molar-refractivity contribution in [1.82, 2.24) is 5.43 Å². The molecule has 0 unspecified atom stereocenters. The normalized spacial score (nSPS) is 11.2. The number of esters is 1. The number of aromatic hydroxyl groups is 1. The van der Waals surface area contributed by atoms with E-state index in [1.165, 1.54) is 24.4 Å². The number of rotatable bonds is 5. The van der Waals surface area contributed by atoms with Crippen molar-refractivity contribution in [2.45, 2.75) is 0 Å². The fourth-order valence-corrected chi connectivity index (χ4v) is 4.42. The van der Waals surface area contributed by atoms with Gasteiger partial charge >= 0.3 is 5.97 Å². The van der Waals surface area contributed by atoms with Crippen LogP contribution >= 0.6 is 23.2 Å². The molecule has 0 spiro atoms. The highest BCUT2D eigenvalue weighted by Gasteiger charge is 2.17. The van der Waals surface area contributed by atoms with Crippen molar-refractivity contribution in [3.63, 3.8) is 0 Å². The predicted molar refractivity (Wildman–Crippen MR) is 146 cm³/mol. The Bertz CT molecular complexity index is 1720. The number of phenolic OH excluding ortho intramolecular Hbond substituents is 1. The average molecular weight is 529 g/mol. The molecule has 0 aromatic heterocycles. The number of amides is 1. The molecule has 37 heavy (non-hydrogen) atoms. The zero-order chi connectivity index (χ0) is 25.9. The fraction of sp³-hybridized carbons (Fsp3) is 0. The topological polar surface area (TPSA) is 88.0 Å². The molecule has 0 radical (unpaired) electrons. The molecule has 0 saturated carbocycles. The summed E-state index contributed by atoms with van der Waals surface area (Å²) in [5, 5.41) is 18.2. The molecule has 0 aliphatic rings. The van der Waals surface area contributed by atoms with E-state index >= 15 is 0 Å². The van der Waals surface area contributed by atoms with Crippen LogP contribution in [0.4, 0.5) is 0 Å². The van der Waals surface area contributed by atoms with Crippen molar-refractivity contribution in [3.05, 3.63) is 118 Å². The van der Waals surface area contributed by atoms with E-state index in [-0.39, 0.29) is 27.6 Å². The lowest BCUT2D eigenvalue weighted by atomic mass is 10.0. The van der Waals surface area contributed by atoms with Crippen LogP contribution in [-0.4, -0.2) is 23.2 Å². The van der Waals surface area contributed by atoms with Gasteiger partial charge in [-0.1, -0.05) is 77.8 Å². The number of fused-ring (bicyclic) bond motifs is 2. The summed E-state index contributed by atoms with van der Waals surface area (Å²) in [6, 6.07) is 25.9. The first-order chi connectivity index (χ1) is 17.9. The minimum Gasteiger partial charge on any atom is -0.507 e. The van der Waals surface area contributed by atoms with E-state index in [1.54, 1.807) is 18.2 Å². The molecule has 1 amide bonds. The second-order valence-electron chi connectivity index (χ2n) is 8.13. The molecule has 0 heterocycles. The Morgan fingerprint density at radius 1 is 0.811 bits per heavy atom. The minimum atomic E-state index is -0.670. The number of hydrogen-bond acceptors (Lipinski definition) is 5. The second kappa shape index (κ2) is 10.3. The van der Waals surface area contributed by atoms with Gasteiger partial charge in [-0.25, -0.2) is 10.2 Å². The summed E-state index contributed by atoms with van der Waals surface area (Å²) >= 11 is 12.1. The fourth-order valence-electron chi connectivity index (χ4n) is 3.93. The number of nitrogens with zero attached hydrogens (tertiary/aromatic N) is 1. The van der Waals surface area contributed by atoms with Crippen LogP contribution in [0, 0.1) is 0 Å². The van der Waals surface area contributed by atoms with Crippen LogP contribution in [0.1, 0.15) is 26.3 Å². The smallest absolute Gasteiger partial charge is 0.345 e. The van der Waals surface area contributed by atoms with Crippen molar-refractivity contribution in [3.8, 4) is 11.5 Å². The average Bonchev–Trinajstić information content (AvgIpc) is 2.89. The lowest BCUT2D eigenvalue weighted by molar-refractivity contribution is 0.0734. The molecule has 0 atom stereocenters. The number of hydrazone groups is 1. The molecule has 5 aromatic rings. The SMILES string of the molecule is O=C(N/N=C\c1c(OC(=O)c2ccc(Cl)cc2Cl)ccc2ccccc12)c1cc2ccccc2cc1O. The Balaban J connectivity index is 1.45. The lowest BCUT2D eigenvalue weighted by Crippen LogP contribution is -2.18. The van der Waals surface area contributed by atoms with Gasteiger partial charge in [-0.05, 0) is 57.9 Å². The molecule has 182 valence electrons. The van der Waals surface area contributed by atoms with E-state index in [4.69, 9.17) is 27.9 Å². The lowest BCUT2D eigenvalue weighted by Gasteiger charge is -2.11. The molecule has 2 N–H and O–H groups in total. The summed E-state index contributed by atoms with van der Waals surface area (Å²) in [6.07, 6.45) is 1.39. The van der Waals surface area contributed by atoms with Gasteiger partial charge in [-0.2, -0.15) is 5.10 Å². The van der Waals surface area contributed by atoms with Gasteiger partial charge in [0.25, 0.3) is 5.91 Å². The van der Waals surface area contributed by atoms with Gasteiger partial charge in [0, 0.05) is 10.6 Å². The number of nitrogens with one attached hydrogen (secondary N) is 1. The highest BCUT2D eigenvalue weighted by atomic mass is 35.5. The summed E-state index contributed by atoms with van der Waals surface area (Å²) in [6.45, 7) is 0. The minimum absolute atomic E-state index is 0.0813. The Kier molecular flexibility index (Phi) is 6.77. The van der Waals surface area contributed by atoms with Crippen LogP contribution in [-0.2, 0) is 0 Å². The van der Waals surface area contributed by atoms with Crippen LogP contribution in [0.15, 0.2) is 96.1 Å². The van der Waals surface area contributed by atoms with Crippen LogP contribution in [0.3, 0.4) is 0 Å². The highest BCUT2D eigenvalue weighted by molar-refractivity contribution is 6.36. The first-order valence-corrected chi connectivity index (χ1v) is 11.9. The largest absolute Gasteiger partial charge is 0.507 e. The maximum atomic E-state index is 12.9. The molecule has 0 saturated heterocycles. The number of ether oxygens (including phenoxy) is 1. The Hall–Kier alpha value is -4.39. The van der Waals surface area contributed by atoms with Gasteiger partial charge in [0.15, 0.2) is 0 Å². The van der Waals surface area contributed by atoms with E-state index in [2.05, 4.69) is 10.5 Å². The number of halogens is 2. The predicted octanol–water partition coefficient (Wildman–Crippen LogP) is 6.99. The maximum absolute atomic E-state index is 12.9. The third kappa shape index (κ3) is 5.11. The second-order valence-corrected chi connectivity index (χ2v) is 8.97. The highest BCUT2D eigenvalue weighted by Crippen LogP contribution is 2.29. The zero-order valence-electron chi connectivity index (χ0n) is 19.1. The number of benzene rings is 5. The molecule has 0 fully saturated rings. The monoisotopic (exact) mass is 528 g/mol. The zero-order valence-corrected chi connectivity index (χ0v) is 20.6. The standard InChI is InChI=1S/C29H18Cl2N2O4/c30-20-10-11-22(25(31)15-20)29(36)37-27-12-9-17-5-3-4-8-21(17)24(27)16-32-33-28(35)23-13-18-6-1-2-7-19(18)14-26(23)34/h1-16,34H,(H,33,35)/b32-16-. The summed E-state index contributed by atoms with van der Waals surface area (Å²) in [4.78, 5) is 25.6. The maximum Gasteiger partial charge on any atom is 0.345 e. The van der Waals surface area contributed by atoms with Crippen molar-refractivity contribution >= 4 is 62.8 Å². The first-order valence-electron chi connectivity index (χ1n) is 11.1. The molecule has 5 rings (SSSR count). The van der Waals surface area contributed by atoms with Gasteiger partial charge in [0.05, 0.1) is 22.4 Å². The molecule has 0 bridgehead atoms. The van der Waals surface area contributed by atoms with Gasteiger partial charge in [0.1, 0.15) is 11.5 Å². The molecule has 0 aliphatic heterocycles. The van der Waals surface area contributed by atoms with Crippen molar-refractivity contribution in [2.75, 3.05) is 0 Å². The summed E-state index contributed by atoms with van der Waals surface area (Å²) in [5.74, 6) is -1.20. The van der Waals surface area contributed by atoms with E-state index < -0.39 is 11.9 Å². The van der Waals surface area contributed by atoms with Crippen LogP contribution in [0.2, 0.25) is 10.0 Å². The summed E-state index contributed by atoms with van der Waals surface area (Å²) < 4.78 is 5.66. The number of carbonyl (C=O) groups excluding carboxylic acids is 2. The van der Waals surface area contributed by atoms with Crippen LogP contribution in [0.25, 0.3) is 21.5 Å². The summed E-state index contributed by atoms with van der Waals surface area (Å²) in [5.41, 5.74) is 3.15. The van der Waals surface area contributed by atoms with Crippen molar-refractivity contribution < 1.29 is 19.4 Å². The molecule has 6 nitrogen and oxygen atoms in total. The van der Waals surface area contributed by atoms with E-state index in [0.29, 0.717) is 10.6 Å². The van der Waals surface area contributed by atoms with E-state index in [9.17, 15) is 14.7 Å². The Morgan fingerprint density at radius 3 is 2.27 bits per heavy atom. The van der Waals surface area contributed by atoms with Gasteiger partial charge in [0.2, 0.25) is 0 Å². The molecule has 5 aromatic carbocycles. The first kappa shape index (κ1) is 24.3.